The second kappa shape index (κ2) is 12.3. The third-order valence-electron chi connectivity index (χ3n) is 6.92. The van der Waals surface area contributed by atoms with Gasteiger partial charge in [0, 0.05) is 30.2 Å². The van der Waals surface area contributed by atoms with Crippen molar-refractivity contribution >= 4 is 57.7 Å². The summed E-state index contributed by atoms with van der Waals surface area (Å²) in [6.45, 7) is 6.39. The lowest BCUT2D eigenvalue weighted by atomic mass is 10.0. The molecule has 2 saturated heterocycles. The van der Waals surface area contributed by atoms with Crippen LogP contribution >= 0.6 is 35.6 Å². The van der Waals surface area contributed by atoms with Crippen LogP contribution in [0.1, 0.15) is 67.7 Å². The molecule has 0 unspecified atom stereocenters. The maximum atomic E-state index is 13.5. The predicted octanol–water partition coefficient (Wildman–Crippen LogP) is 6.26. The Morgan fingerprint density at radius 3 is 2.51 bits per heavy atom. The summed E-state index contributed by atoms with van der Waals surface area (Å²) < 4.78 is 2.22. The largest absolute Gasteiger partial charge is 0.357 e. The first kappa shape index (κ1) is 27.4. The topological polar surface area (TPSA) is 69.3 Å². The molecule has 2 aromatic rings. The fraction of sp³-hybridized carbons (Fsp3) is 0.429. The monoisotopic (exact) mass is 554 g/mol. The zero-order chi connectivity index (χ0) is 26.5. The summed E-state index contributed by atoms with van der Waals surface area (Å²) in [5.74, 6) is 0.620. The molecule has 0 N–H and O–H groups in total. The lowest BCUT2D eigenvalue weighted by Crippen LogP contribution is -2.35. The fourth-order valence-corrected chi connectivity index (χ4v) is 6.29. The molecule has 1 amide bonds. The maximum absolute atomic E-state index is 13.5. The molecule has 0 aliphatic carbocycles. The Bertz CT molecular complexity index is 1340. The van der Waals surface area contributed by atoms with Crippen molar-refractivity contribution < 1.29 is 4.79 Å². The van der Waals surface area contributed by atoms with Gasteiger partial charge in [-0.15, -0.1) is 0 Å². The first-order valence-electron chi connectivity index (χ1n) is 12.8. The first-order valence-corrected chi connectivity index (χ1v) is 14.4. The molecule has 0 saturated carbocycles. The minimum Gasteiger partial charge on any atom is -0.357 e. The zero-order valence-corrected chi connectivity index (χ0v) is 23.6. The molecule has 3 heterocycles. The van der Waals surface area contributed by atoms with Crippen LogP contribution in [0.5, 0.6) is 0 Å². The van der Waals surface area contributed by atoms with E-state index in [4.69, 9.17) is 23.8 Å². The summed E-state index contributed by atoms with van der Waals surface area (Å²) in [5.41, 5.74) is 2.06. The van der Waals surface area contributed by atoms with Crippen LogP contribution in [0, 0.1) is 18.3 Å². The van der Waals surface area contributed by atoms with Gasteiger partial charge >= 0.3 is 0 Å². The molecule has 2 aliphatic heterocycles. The van der Waals surface area contributed by atoms with Crippen LogP contribution in [0.4, 0.5) is 5.82 Å². The zero-order valence-electron chi connectivity index (χ0n) is 21.3. The van der Waals surface area contributed by atoms with E-state index in [-0.39, 0.29) is 17.0 Å². The number of nitriles is 1. The second-order valence-corrected chi connectivity index (χ2v) is 11.5. The van der Waals surface area contributed by atoms with Crippen LogP contribution in [0.3, 0.4) is 0 Å². The Morgan fingerprint density at radius 1 is 1.16 bits per heavy atom. The van der Waals surface area contributed by atoms with Crippen molar-refractivity contribution in [1.29, 1.82) is 5.26 Å². The summed E-state index contributed by atoms with van der Waals surface area (Å²) in [6.07, 6.45) is 7.98. The number of thioether (sulfide) groups is 1. The highest BCUT2D eigenvalue weighted by Gasteiger charge is 2.33. The molecule has 0 bridgehead atoms. The van der Waals surface area contributed by atoms with Gasteiger partial charge in [0.1, 0.15) is 21.8 Å². The first-order chi connectivity index (χ1) is 17.9. The molecule has 2 aliphatic rings. The molecule has 2 fully saturated rings. The van der Waals surface area contributed by atoms with Crippen molar-refractivity contribution in [3.8, 4) is 6.07 Å². The lowest BCUT2D eigenvalue weighted by molar-refractivity contribution is -0.122. The number of carbonyl (C=O) groups excluding carboxylic acids is 1. The number of anilines is 1. The Morgan fingerprint density at radius 2 is 1.86 bits per heavy atom. The predicted molar refractivity (Wildman–Crippen MR) is 156 cm³/mol. The average molecular weight is 555 g/mol. The standard InChI is InChI=1S/C28H31ClN4O2S2/c1-3-4-15-32-25(31-13-9-5-6-10-14-31)21(19(2)22(17-30)26(32)34)16-24-27(35)33(28(36)37-24)18-20-11-7-8-12-23(20)29/h7-8,11-12,16H,3-6,9-10,13-15,18H2,1-2H3/b24-16-. The third kappa shape index (κ3) is 5.79. The van der Waals surface area contributed by atoms with E-state index in [1.54, 1.807) is 15.5 Å². The second-order valence-electron chi connectivity index (χ2n) is 9.42. The molecular formula is C28H31ClN4O2S2. The summed E-state index contributed by atoms with van der Waals surface area (Å²) >= 11 is 13.2. The number of amides is 1. The molecular weight excluding hydrogens is 524 g/mol. The van der Waals surface area contributed by atoms with Crippen LogP contribution < -0.4 is 10.5 Å². The van der Waals surface area contributed by atoms with E-state index in [2.05, 4.69) is 17.9 Å². The van der Waals surface area contributed by atoms with Crippen molar-refractivity contribution in [3.63, 3.8) is 0 Å². The van der Waals surface area contributed by atoms with E-state index >= 15 is 0 Å². The molecule has 194 valence electrons. The van der Waals surface area contributed by atoms with Crippen molar-refractivity contribution in [2.24, 2.45) is 0 Å². The van der Waals surface area contributed by atoms with Gasteiger partial charge in [0.25, 0.3) is 11.5 Å². The molecule has 9 heteroatoms. The van der Waals surface area contributed by atoms with Crippen LogP contribution in [-0.4, -0.2) is 32.8 Å². The van der Waals surface area contributed by atoms with Crippen molar-refractivity contribution in [3.05, 3.63) is 66.8 Å². The normalized spacial score (nSPS) is 17.4. The smallest absolute Gasteiger partial charge is 0.270 e. The molecule has 1 aromatic carbocycles. The highest BCUT2D eigenvalue weighted by atomic mass is 35.5. The maximum Gasteiger partial charge on any atom is 0.270 e. The molecule has 6 nitrogen and oxygen atoms in total. The third-order valence-corrected chi connectivity index (χ3v) is 8.67. The molecule has 37 heavy (non-hydrogen) atoms. The van der Waals surface area contributed by atoms with Gasteiger partial charge in [-0.05, 0) is 49.5 Å². The van der Waals surface area contributed by atoms with Crippen LogP contribution in [0.15, 0.2) is 34.0 Å². The number of thiocarbonyl (C=S) groups is 1. The van der Waals surface area contributed by atoms with Crippen molar-refractivity contribution in [2.75, 3.05) is 18.0 Å². The summed E-state index contributed by atoms with van der Waals surface area (Å²) in [5, 5.41) is 10.5. The highest BCUT2D eigenvalue weighted by molar-refractivity contribution is 8.26. The number of aromatic nitrogens is 1. The van der Waals surface area contributed by atoms with Gasteiger partial charge in [0.2, 0.25) is 0 Å². The number of carbonyl (C=O) groups is 1. The SMILES string of the molecule is CCCCn1c(N2CCCCCC2)c(/C=C2\SC(=S)N(Cc3ccccc3Cl)C2=O)c(C)c(C#N)c1=O. The number of rotatable bonds is 7. The summed E-state index contributed by atoms with van der Waals surface area (Å²) in [4.78, 5) is 31.3. The Kier molecular flexibility index (Phi) is 9.12. The van der Waals surface area contributed by atoms with Crippen molar-refractivity contribution in [2.45, 2.75) is 65.5 Å². The van der Waals surface area contributed by atoms with E-state index in [1.165, 1.54) is 11.8 Å². The van der Waals surface area contributed by atoms with Gasteiger partial charge in [-0.3, -0.25) is 19.1 Å². The van der Waals surface area contributed by atoms with Gasteiger partial charge in [-0.25, -0.2) is 0 Å². The number of benzene rings is 1. The van der Waals surface area contributed by atoms with Gasteiger partial charge in [-0.2, -0.15) is 5.26 Å². The van der Waals surface area contributed by atoms with Crippen LogP contribution in [0.2, 0.25) is 5.02 Å². The number of hydrogen-bond acceptors (Lipinski definition) is 6. The summed E-state index contributed by atoms with van der Waals surface area (Å²) in [6, 6.07) is 9.55. The number of pyridine rings is 1. The number of halogens is 1. The molecule has 0 radical (unpaired) electrons. The van der Waals surface area contributed by atoms with Gasteiger partial charge in [0.15, 0.2) is 0 Å². The fourth-order valence-electron chi connectivity index (χ4n) is 4.86. The van der Waals surface area contributed by atoms with Crippen molar-refractivity contribution in [1.82, 2.24) is 9.47 Å². The average Bonchev–Trinajstić information content (AvgIpc) is 3.05. The molecule has 4 rings (SSSR count). The number of nitrogens with zero attached hydrogens (tertiary/aromatic N) is 4. The molecule has 1 aromatic heterocycles. The van der Waals surface area contributed by atoms with Gasteiger partial charge in [-0.1, -0.05) is 80.0 Å². The van der Waals surface area contributed by atoms with E-state index in [0.717, 1.165) is 68.6 Å². The Labute approximate surface area is 232 Å². The highest BCUT2D eigenvalue weighted by Crippen LogP contribution is 2.37. The minimum absolute atomic E-state index is 0.132. The van der Waals surface area contributed by atoms with E-state index in [1.807, 2.05) is 31.2 Å². The van der Waals surface area contributed by atoms with E-state index < -0.39 is 0 Å². The Hall–Kier alpha value is -2.60. The van der Waals surface area contributed by atoms with E-state index in [0.29, 0.717) is 32.9 Å². The van der Waals surface area contributed by atoms with Crippen LogP contribution in [-0.2, 0) is 17.9 Å². The lowest BCUT2D eigenvalue weighted by Gasteiger charge is -2.29. The summed E-state index contributed by atoms with van der Waals surface area (Å²) in [7, 11) is 0. The number of hydrogen-bond donors (Lipinski definition) is 0. The van der Waals surface area contributed by atoms with Gasteiger partial charge in [0.05, 0.1) is 11.4 Å². The quantitative estimate of drug-likeness (QED) is 0.297. The Balaban J connectivity index is 1.83. The van der Waals surface area contributed by atoms with Gasteiger partial charge < -0.3 is 4.90 Å². The number of unbranched alkanes of at least 4 members (excludes halogenated alkanes) is 1. The van der Waals surface area contributed by atoms with Crippen LogP contribution in [0.25, 0.3) is 6.08 Å². The minimum atomic E-state index is -0.254. The molecule has 0 atom stereocenters. The molecule has 0 spiro atoms. The van der Waals surface area contributed by atoms with E-state index in [9.17, 15) is 14.9 Å².